The van der Waals surface area contributed by atoms with E-state index in [4.69, 9.17) is 0 Å². The van der Waals surface area contributed by atoms with E-state index in [0.717, 1.165) is 23.1 Å². The zero-order chi connectivity index (χ0) is 17.2. The molecule has 0 aromatic heterocycles. The van der Waals surface area contributed by atoms with Gasteiger partial charge in [-0.15, -0.1) is 0 Å². The smallest absolute Gasteiger partial charge is 0.121 e. The van der Waals surface area contributed by atoms with Crippen molar-refractivity contribution in [2.24, 2.45) is 0 Å². The number of phenolic OH excluding ortho intramolecular Hbond substituents is 2. The lowest BCUT2D eigenvalue weighted by Crippen LogP contribution is -2.23. The molecule has 0 bridgehead atoms. The normalized spacial score (nSPS) is 22.2. The van der Waals surface area contributed by atoms with Gasteiger partial charge in [0.2, 0.25) is 0 Å². The molecule has 0 amide bonds. The number of hydrogen-bond acceptors (Lipinski definition) is 2. The summed E-state index contributed by atoms with van der Waals surface area (Å²) >= 11 is 0. The van der Waals surface area contributed by atoms with Crippen LogP contribution in [0.1, 0.15) is 60.6 Å². The van der Waals surface area contributed by atoms with E-state index < -0.39 is 0 Å². The predicted octanol–water partition coefficient (Wildman–Crippen LogP) is 5.01. The van der Waals surface area contributed by atoms with Gasteiger partial charge in [0, 0.05) is 5.41 Å². The fourth-order valence-corrected chi connectivity index (χ4v) is 4.32. The Morgan fingerprint density at radius 1 is 0.783 bits per heavy atom. The number of aromatic hydroxyl groups is 2. The van der Waals surface area contributed by atoms with Crippen molar-refractivity contribution in [2.45, 2.75) is 58.8 Å². The Labute approximate surface area is 138 Å². The van der Waals surface area contributed by atoms with Crippen LogP contribution in [0.2, 0.25) is 0 Å². The standard InChI is InChI=1S/C21H26O2/c1-12-9-17-16(10-18(12)22)20(4,5)11-21(17,6)15-7-13(2)19(23)14(3)8-15/h7-10,22-23H,11H2,1-6H3. The van der Waals surface area contributed by atoms with Gasteiger partial charge in [0.05, 0.1) is 0 Å². The molecule has 1 aliphatic rings. The summed E-state index contributed by atoms with van der Waals surface area (Å²) in [5.74, 6) is 0.760. The van der Waals surface area contributed by atoms with Crippen LogP contribution in [0.5, 0.6) is 11.5 Å². The molecule has 0 saturated heterocycles. The first kappa shape index (κ1) is 15.9. The van der Waals surface area contributed by atoms with Crippen LogP contribution in [0.3, 0.4) is 0 Å². The molecule has 0 heterocycles. The van der Waals surface area contributed by atoms with Gasteiger partial charge in [-0.25, -0.2) is 0 Å². The van der Waals surface area contributed by atoms with Crippen molar-refractivity contribution >= 4 is 0 Å². The summed E-state index contributed by atoms with van der Waals surface area (Å²) in [5, 5.41) is 20.3. The van der Waals surface area contributed by atoms with Crippen molar-refractivity contribution in [1.82, 2.24) is 0 Å². The number of rotatable bonds is 1. The lowest BCUT2D eigenvalue weighted by Gasteiger charge is -2.29. The molecule has 0 spiro atoms. The van der Waals surface area contributed by atoms with E-state index in [2.05, 4.69) is 39.0 Å². The van der Waals surface area contributed by atoms with E-state index in [0.29, 0.717) is 11.5 Å². The third-order valence-corrected chi connectivity index (χ3v) is 5.58. The molecule has 23 heavy (non-hydrogen) atoms. The van der Waals surface area contributed by atoms with Crippen molar-refractivity contribution in [1.29, 1.82) is 0 Å². The van der Waals surface area contributed by atoms with Crippen LogP contribution in [0.4, 0.5) is 0 Å². The Morgan fingerprint density at radius 3 is 1.91 bits per heavy atom. The molecular weight excluding hydrogens is 284 g/mol. The lowest BCUT2D eigenvalue weighted by molar-refractivity contribution is 0.421. The molecule has 0 radical (unpaired) electrons. The maximum atomic E-state index is 10.1. The van der Waals surface area contributed by atoms with Gasteiger partial charge in [-0.3, -0.25) is 0 Å². The second-order valence-corrected chi connectivity index (χ2v) is 8.04. The molecule has 122 valence electrons. The summed E-state index contributed by atoms with van der Waals surface area (Å²) in [6, 6.07) is 8.29. The Hall–Kier alpha value is -1.96. The van der Waals surface area contributed by atoms with Crippen LogP contribution in [0.15, 0.2) is 24.3 Å². The minimum Gasteiger partial charge on any atom is -0.508 e. The Morgan fingerprint density at radius 2 is 1.35 bits per heavy atom. The fraction of sp³-hybridized carbons (Fsp3) is 0.429. The van der Waals surface area contributed by atoms with E-state index >= 15 is 0 Å². The molecule has 2 N–H and O–H groups in total. The molecule has 2 aromatic rings. The zero-order valence-electron chi connectivity index (χ0n) is 14.9. The summed E-state index contributed by atoms with van der Waals surface area (Å²) in [6.45, 7) is 12.6. The van der Waals surface area contributed by atoms with Crippen LogP contribution in [0.25, 0.3) is 0 Å². The van der Waals surface area contributed by atoms with Gasteiger partial charge in [-0.1, -0.05) is 39.0 Å². The molecule has 0 fully saturated rings. The summed E-state index contributed by atoms with van der Waals surface area (Å²) in [5.41, 5.74) is 6.41. The van der Waals surface area contributed by atoms with E-state index in [1.165, 1.54) is 16.7 Å². The minimum absolute atomic E-state index is 0.00889. The van der Waals surface area contributed by atoms with E-state index in [-0.39, 0.29) is 10.8 Å². The van der Waals surface area contributed by atoms with Crippen LogP contribution >= 0.6 is 0 Å². The van der Waals surface area contributed by atoms with Gasteiger partial charge in [0.15, 0.2) is 0 Å². The Balaban J connectivity index is 2.28. The predicted molar refractivity (Wildman–Crippen MR) is 94.5 cm³/mol. The van der Waals surface area contributed by atoms with Crippen LogP contribution in [-0.2, 0) is 10.8 Å². The highest BCUT2D eigenvalue weighted by molar-refractivity contribution is 5.57. The monoisotopic (exact) mass is 310 g/mol. The molecule has 3 rings (SSSR count). The quantitative estimate of drug-likeness (QED) is 0.777. The average Bonchev–Trinajstić information content (AvgIpc) is 2.64. The zero-order valence-corrected chi connectivity index (χ0v) is 14.9. The molecular formula is C21H26O2. The molecule has 1 aliphatic carbocycles. The highest BCUT2D eigenvalue weighted by Crippen LogP contribution is 2.54. The van der Waals surface area contributed by atoms with Gasteiger partial charge in [0.25, 0.3) is 0 Å². The first-order chi connectivity index (χ1) is 10.6. The minimum atomic E-state index is -0.111. The van der Waals surface area contributed by atoms with E-state index in [1.54, 1.807) is 0 Å². The first-order valence-electron chi connectivity index (χ1n) is 8.21. The van der Waals surface area contributed by atoms with Crippen molar-refractivity contribution < 1.29 is 10.2 Å². The van der Waals surface area contributed by atoms with Crippen molar-refractivity contribution in [3.05, 3.63) is 57.6 Å². The van der Waals surface area contributed by atoms with Crippen LogP contribution in [-0.4, -0.2) is 10.2 Å². The summed E-state index contributed by atoms with van der Waals surface area (Å²) in [6.07, 6.45) is 0.988. The number of phenols is 2. The maximum Gasteiger partial charge on any atom is 0.121 e. The topological polar surface area (TPSA) is 40.5 Å². The second kappa shape index (κ2) is 4.77. The Bertz CT molecular complexity index is 779. The summed E-state index contributed by atoms with van der Waals surface area (Å²) in [4.78, 5) is 0. The molecule has 0 aliphatic heterocycles. The first-order valence-corrected chi connectivity index (χ1v) is 8.21. The third-order valence-electron chi connectivity index (χ3n) is 5.58. The van der Waals surface area contributed by atoms with Gasteiger partial charge < -0.3 is 10.2 Å². The van der Waals surface area contributed by atoms with Gasteiger partial charge >= 0.3 is 0 Å². The van der Waals surface area contributed by atoms with E-state index in [9.17, 15) is 10.2 Å². The number of hydrogen-bond donors (Lipinski definition) is 2. The average molecular weight is 310 g/mol. The highest BCUT2D eigenvalue weighted by atomic mass is 16.3. The second-order valence-electron chi connectivity index (χ2n) is 8.04. The molecule has 2 aromatic carbocycles. The van der Waals surface area contributed by atoms with Gasteiger partial charge in [0.1, 0.15) is 11.5 Å². The molecule has 2 heteroatoms. The van der Waals surface area contributed by atoms with Crippen LogP contribution in [0, 0.1) is 20.8 Å². The molecule has 0 saturated carbocycles. The maximum absolute atomic E-state index is 10.1. The van der Waals surface area contributed by atoms with Gasteiger partial charge in [-0.2, -0.15) is 0 Å². The largest absolute Gasteiger partial charge is 0.508 e. The lowest BCUT2D eigenvalue weighted by atomic mass is 9.74. The van der Waals surface area contributed by atoms with E-state index in [1.807, 2.05) is 26.8 Å². The summed E-state index contributed by atoms with van der Waals surface area (Å²) in [7, 11) is 0. The number of fused-ring (bicyclic) bond motifs is 1. The highest BCUT2D eigenvalue weighted by Gasteiger charge is 2.46. The third kappa shape index (κ3) is 2.23. The molecule has 2 nitrogen and oxygen atoms in total. The number of aryl methyl sites for hydroxylation is 3. The van der Waals surface area contributed by atoms with Gasteiger partial charge in [-0.05, 0) is 72.1 Å². The van der Waals surface area contributed by atoms with Crippen molar-refractivity contribution in [3.63, 3.8) is 0 Å². The van der Waals surface area contributed by atoms with Crippen LogP contribution < -0.4 is 0 Å². The Kier molecular flexibility index (Phi) is 3.30. The SMILES string of the molecule is Cc1cc2c(cc1O)C(C)(C)CC2(C)c1cc(C)c(O)c(C)c1. The van der Waals surface area contributed by atoms with Crippen molar-refractivity contribution in [2.75, 3.05) is 0 Å². The summed E-state index contributed by atoms with van der Waals surface area (Å²) < 4.78 is 0. The number of benzene rings is 2. The van der Waals surface area contributed by atoms with Crippen molar-refractivity contribution in [3.8, 4) is 11.5 Å². The molecule has 1 unspecified atom stereocenters. The fourth-order valence-electron chi connectivity index (χ4n) is 4.32. The molecule has 1 atom stereocenters.